The first-order valence-electron chi connectivity index (χ1n) is 9.47. The van der Waals surface area contributed by atoms with Crippen molar-refractivity contribution < 1.29 is 4.79 Å². The van der Waals surface area contributed by atoms with Crippen LogP contribution in [0.1, 0.15) is 18.9 Å². The van der Waals surface area contributed by atoms with Crippen molar-refractivity contribution in [2.24, 2.45) is 7.05 Å². The van der Waals surface area contributed by atoms with E-state index < -0.39 is 0 Å². The van der Waals surface area contributed by atoms with Gasteiger partial charge in [-0.15, -0.1) is 22.7 Å². The zero-order valence-corrected chi connectivity index (χ0v) is 19.0. The number of nitrogens with zero attached hydrogens (tertiary/aromatic N) is 3. The lowest BCUT2D eigenvalue weighted by molar-refractivity contribution is -0.113. The molecule has 0 aliphatic carbocycles. The minimum atomic E-state index is -0.182. The van der Waals surface area contributed by atoms with Crippen LogP contribution in [0.4, 0.5) is 5.13 Å². The number of carbonyl (C=O) groups is 1. The molecule has 4 rings (SSSR count). The molecule has 0 saturated carbocycles. The molecular weight excluding hydrogens is 436 g/mol. The van der Waals surface area contributed by atoms with Crippen LogP contribution < -0.4 is 10.9 Å². The van der Waals surface area contributed by atoms with Crippen molar-refractivity contribution in [1.82, 2.24) is 14.5 Å². The van der Waals surface area contributed by atoms with Gasteiger partial charge in [0.1, 0.15) is 4.70 Å². The SMILES string of the molecule is CCCc1ccc(-c2csc(NC(=O)CSc3nc4ccsc4c(=O)n3C)n2)cc1. The number of thioether (sulfide) groups is 1. The lowest BCUT2D eigenvalue weighted by Crippen LogP contribution is -2.20. The predicted octanol–water partition coefficient (Wildman–Crippen LogP) is 4.80. The number of aryl methyl sites for hydroxylation is 1. The second-order valence-electron chi connectivity index (χ2n) is 6.72. The Morgan fingerprint density at radius 3 is 2.73 bits per heavy atom. The number of anilines is 1. The highest BCUT2D eigenvalue weighted by molar-refractivity contribution is 7.99. The van der Waals surface area contributed by atoms with Crippen LogP contribution in [0.3, 0.4) is 0 Å². The molecule has 1 N–H and O–H groups in total. The summed E-state index contributed by atoms with van der Waals surface area (Å²) in [5.74, 6) is -0.0323. The van der Waals surface area contributed by atoms with E-state index in [9.17, 15) is 9.59 Å². The minimum absolute atomic E-state index is 0.0903. The standard InChI is InChI=1S/C21H20N4O2S3/c1-3-4-13-5-7-14(8-6-13)16-11-29-20(22-16)24-17(26)12-30-21-23-15-9-10-28-18(15)19(27)25(21)2/h5-11H,3-4,12H2,1-2H3,(H,22,24,26). The Kier molecular flexibility index (Phi) is 6.31. The molecule has 0 saturated heterocycles. The Labute approximate surface area is 186 Å². The van der Waals surface area contributed by atoms with Crippen LogP contribution in [0.15, 0.2) is 51.0 Å². The molecule has 0 atom stereocenters. The van der Waals surface area contributed by atoms with Crippen LogP contribution in [0.25, 0.3) is 21.5 Å². The largest absolute Gasteiger partial charge is 0.301 e. The van der Waals surface area contributed by atoms with Gasteiger partial charge in [0.2, 0.25) is 5.91 Å². The van der Waals surface area contributed by atoms with Gasteiger partial charge in [0.15, 0.2) is 10.3 Å². The molecule has 0 bridgehead atoms. The van der Waals surface area contributed by atoms with Crippen molar-refractivity contribution in [3.8, 4) is 11.3 Å². The number of hydrogen-bond donors (Lipinski definition) is 1. The molecule has 4 aromatic rings. The summed E-state index contributed by atoms with van der Waals surface area (Å²) in [5, 5.41) is 7.70. The average Bonchev–Trinajstić information content (AvgIpc) is 3.40. The first kappa shape index (κ1) is 20.8. The van der Waals surface area contributed by atoms with E-state index in [0.29, 0.717) is 20.5 Å². The molecule has 6 nitrogen and oxygen atoms in total. The van der Waals surface area contributed by atoms with Crippen LogP contribution in [-0.2, 0) is 18.3 Å². The third-order valence-corrected chi connectivity index (χ3v) is 7.20. The number of nitrogens with one attached hydrogen (secondary N) is 1. The van der Waals surface area contributed by atoms with E-state index in [-0.39, 0.29) is 17.2 Å². The van der Waals surface area contributed by atoms with E-state index in [2.05, 4.69) is 46.5 Å². The smallest absolute Gasteiger partial charge is 0.271 e. The number of thiazole rings is 1. The van der Waals surface area contributed by atoms with Gasteiger partial charge in [0.25, 0.3) is 5.56 Å². The van der Waals surface area contributed by atoms with Crippen LogP contribution in [0.5, 0.6) is 0 Å². The summed E-state index contributed by atoms with van der Waals surface area (Å²) in [5.41, 5.74) is 3.76. The number of aromatic nitrogens is 3. The molecule has 1 aromatic carbocycles. The van der Waals surface area contributed by atoms with E-state index in [1.54, 1.807) is 7.05 Å². The molecule has 154 valence electrons. The second kappa shape index (κ2) is 9.11. The summed E-state index contributed by atoms with van der Waals surface area (Å²) in [4.78, 5) is 33.7. The van der Waals surface area contributed by atoms with Crippen LogP contribution in [0.2, 0.25) is 0 Å². The van der Waals surface area contributed by atoms with Gasteiger partial charge in [0, 0.05) is 18.0 Å². The van der Waals surface area contributed by atoms with Gasteiger partial charge in [0.05, 0.1) is 17.0 Å². The van der Waals surface area contributed by atoms with E-state index in [4.69, 9.17) is 0 Å². The van der Waals surface area contributed by atoms with Crippen LogP contribution in [-0.4, -0.2) is 26.2 Å². The van der Waals surface area contributed by atoms with Gasteiger partial charge in [-0.05, 0) is 23.4 Å². The van der Waals surface area contributed by atoms with Crippen molar-refractivity contribution in [1.29, 1.82) is 0 Å². The Hall–Kier alpha value is -2.49. The lowest BCUT2D eigenvalue weighted by atomic mass is 10.1. The van der Waals surface area contributed by atoms with Crippen LogP contribution in [0, 0.1) is 0 Å². The van der Waals surface area contributed by atoms with Gasteiger partial charge in [-0.25, -0.2) is 9.97 Å². The van der Waals surface area contributed by atoms with Gasteiger partial charge >= 0.3 is 0 Å². The fraction of sp³-hybridized carbons (Fsp3) is 0.238. The second-order valence-corrected chi connectivity index (χ2v) is 9.43. The van der Waals surface area contributed by atoms with Crippen molar-refractivity contribution in [2.75, 3.05) is 11.1 Å². The Balaban J connectivity index is 1.39. The Bertz CT molecular complexity index is 1240. The Morgan fingerprint density at radius 1 is 1.17 bits per heavy atom. The molecule has 0 fully saturated rings. The third-order valence-electron chi connectivity index (χ3n) is 4.52. The van der Waals surface area contributed by atoms with Crippen molar-refractivity contribution in [3.63, 3.8) is 0 Å². The first-order valence-corrected chi connectivity index (χ1v) is 12.2. The highest BCUT2D eigenvalue weighted by Crippen LogP contribution is 2.26. The first-order chi connectivity index (χ1) is 14.5. The highest BCUT2D eigenvalue weighted by Gasteiger charge is 2.13. The maximum Gasteiger partial charge on any atom is 0.271 e. The molecule has 30 heavy (non-hydrogen) atoms. The molecule has 0 aliphatic rings. The summed E-state index contributed by atoms with van der Waals surface area (Å²) < 4.78 is 2.12. The van der Waals surface area contributed by atoms with E-state index >= 15 is 0 Å². The zero-order chi connectivity index (χ0) is 21.1. The number of carbonyl (C=O) groups excluding carboxylic acids is 1. The molecule has 0 radical (unpaired) electrons. The number of fused-ring (bicyclic) bond motifs is 1. The average molecular weight is 457 g/mol. The predicted molar refractivity (Wildman–Crippen MR) is 126 cm³/mol. The van der Waals surface area contributed by atoms with Crippen molar-refractivity contribution in [2.45, 2.75) is 24.9 Å². The molecule has 9 heteroatoms. The molecule has 3 heterocycles. The summed E-state index contributed by atoms with van der Waals surface area (Å²) in [6.45, 7) is 2.16. The van der Waals surface area contributed by atoms with E-state index in [1.165, 1.54) is 44.6 Å². The normalized spacial score (nSPS) is 11.1. The van der Waals surface area contributed by atoms with Crippen LogP contribution >= 0.6 is 34.4 Å². The lowest BCUT2D eigenvalue weighted by Gasteiger charge is -2.06. The Morgan fingerprint density at radius 2 is 1.97 bits per heavy atom. The van der Waals surface area contributed by atoms with Gasteiger partial charge < -0.3 is 5.32 Å². The van der Waals surface area contributed by atoms with Gasteiger partial charge in [-0.2, -0.15) is 0 Å². The van der Waals surface area contributed by atoms with Crippen molar-refractivity contribution >= 4 is 55.7 Å². The number of rotatable bonds is 7. The minimum Gasteiger partial charge on any atom is -0.301 e. The summed E-state index contributed by atoms with van der Waals surface area (Å²) in [6, 6.07) is 10.2. The van der Waals surface area contributed by atoms with E-state index in [0.717, 1.165) is 24.1 Å². The topological polar surface area (TPSA) is 76.9 Å². The van der Waals surface area contributed by atoms with Crippen molar-refractivity contribution in [3.05, 3.63) is 57.0 Å². The molecule has 0 spiro atoms. The molecule has 0 aliphatic heterocycles. The van der Waals surface area contributed by atoms with Gasteiger partial charge in [-0.3, -0.25) is 14.2 Å². The monoisotopic (exact) mass is 456 g/mol. The number of amides is 1. The van der Waals surface area contributed by atoms with E-state index in [1.807, 2.05) is 16.8 Å². The molecular formula is C21H20N4O2S3. The zero-order valence-electron chi connectivity index (χ0n) is 16.5. The maximum absolute atomic E-state index is 12.4. The maximum atomic E-state index is 12.4. The number of thiophene rings is 1. The molecule has 3 aromatic heterocycles. The third kappa shape index (κ3) is 4.48. The molecule has 0 unspecified atom stereocenters. The summed E-state index contributed by atoms with van der Waals surface area (Å²) in [7, 11) is 1.67. The molecule has 1 amide bonds. The number of hydrogen-bond acceptors (Lipinski definition) is 7. The van der Waals surface area contributed by atoms with Gasteiger partial charge in [-0.1, -0.05) is 49.4 Å². The summed E-state index contributed by atoms with van der Waals surface area (Å²) >= 11 is 4.01. The fourth-order valence-electron chi connectivity index (χ4n) is 2.98. The quantitative estimate of drug-likeness (QED) is 0.319. The highest BCUT2D eigenvalue weighted by atomic mass is 32.2. The fourth-order valence-corrected chi connectivity index (χ4v) is 5.29. The summed E-state index contributed by atoms with van der Waals surface area (Å²) in [6.07, 6.45) is 2.19. The number of benzene rings is 1.